The van der Waals surface area contributed by atoms with Crippen LogP contribution in [0.2, 0.25) is 5.02 Å². The zero-order valence-corrected chi connectivity index (χ0v) is 22.3. The summed E-state index contributed by atoms with van der Waals surface area (Å²) in [4.78, 5) is 28.4. The summed E-state index contributed by atoms with van der Waals surface area (Å²) < 4.78 is 0. The highest BCUT2D eigenvalue weighted by Gasteiger charge is 2.38. The number of hydrogen-bond donors (Lipinski definition) is 0. The van der Waals surface area contributed by atoms with E-state index in [1.807, 2.05) is 12.1 Å². The van der Waals surface area contributed by atoms with E-state index in [2.05, 4.69) is 91.5 Å². The van der Waals surface area contributed by atoms with Gasteiger partial charge in [0.2, 0.25) is 0 Å². The largest absolute Gasteiger partial charge is 0.310 e. The van der Waals surface area contributed by atoms with Crippen LogP contribution in [0.1, 0.15) is 51.3 Å². The number of anilines is 3. The van der Waals surface area contributed by atoms with Gasteiger partial charge in [-0.1, -0.05) is 80.0 Å². The van der Waals surface area contributed by atoms with E-state index >= 15 is 0 Å². The van der Waals surface area contributed by atoms with Gasteiger partial charge in [0, 0.05) is 27.3 Å². The van der Waals surface area contributed by atoms with Crippen molar-refractivity contribution in [3.05, 3.63) is 142 Å². The molecule has 5 aromatic carbocycles. The molecule has 0 fully saturated rings. The highest BCUT2D eigenvalue weighted by Crippen LogP contribution is 2.53. The summed E-state index contributed by atoms with van der Waals surface area (Å²) in [5.74, 6) is -0.535. The van der Waals surface area contributed by atoms with Gasteiger partial charge in [-0.15, -0.1) is 0 Å². The summed E-state index contributed by atoms with van der Waals surface area (Å²) in [6.07, 6.45) is 1.70. The number of allylic oxidation sites excluding steroid dienone is 1. The Hall–Kier alpha value is -4.47. The molecule has 0 saturated carbocycles. The molecule has 7 rings (SSSR count). The average molecular weight is 526 g/mol. The number of rotatable bonds is 2. The lowest BCUT2D eigenvalue weighted by molar-refractivity contribution is 0.0990. The summed E-state index contributed by atoms with van der Waals surface area (Å²) in [5, 5.41) is 2.65. The molecule has 0 N–H and O–H groups in total. The maximum absolute atomic E-state index is 13.0. The minimum Gasteiger partial charge on any atom is -0.310 e. The minimum atomic E-state index is -0.278. The molecular weight excluding hydrogens is 502 g/mol. The number of fused-ring (bicyclic) bond motifs is 5. The summed E-state index contributed by atoms with van der Waals surface area (Å²) in [6.45, 7) is 4.56. The highest BCUT2D eigenvalue weighted by molar-refractivity contribution is 6.42. The second-order valence-corrected chi connectivity index (χ2v) is 11.1. The Balaban J connectivity index is 1.39. The second kappa shape index (κ2) is 8.52. The fourth-order valence-electron chi connectivity index (χ4n) is 6.18. The van der Waals surface area contributed by atoms with Crippen LogP contribution in [0.3, 0.4) is 0 Å². The van der Waals surface area contributed by atoms with Crippen LogP contribution in [-0.4, -0.2) is 11.6 Å². The van der Waals surface area contributed by atoms with Gasteiger partial charge in [0.15, 0.2) is 11.6 Å². The quantitative estimate of drug-likeness (QED) is 0.170. The molecule has 1 aliphatic carbocycles. The maximum Gasteiger partial charge on any atom is 0.197 e. The van der Waals surface area contributed by atoms with Crippen LogP contribution >= 0.6 is 11.6 Å². The average Bonchev–Trinajstić information content (AvgIpc) is 3.17. The molecule has 0 aromatic heterocycles. The Kier molecular flexibility index (Phi) is 5.16. The van der Waals surface area contributed by atoms with Gasteiger partial charge in [-0.3, -0.25) is 9.59 Å². The van der Waals surface area contributed by atoms with E-state index in [4.69, 9.17) is 11.6 Å². The van der Waals surface area contributed by atoms with Crippen LogP contribution < -0.4 is 4.90 Å². The molecule has 2 aliphatic rings. The molecule has 1 heterocycles. The first-order valence-electron chi connectivity index (χ1n) is 13.0. The van der Waals surface area contributed by atoms with Gasteiger partial charge in [0.25, 0.3) is 0 Å². The Morgan fingerprint density at radius 2 is 1.46 bits per heavy atom. The van der Waals surface area contributed by atoms with Crippen molar-refractivity contribution in [2.24, 2.45) is 0 Å². The first-order valence-corrected chi connectivity index (χ1v) is 13.3. The first kappa shape index (κ1) is 23.6. The lowest BCUT2D eigenvalue weighted by Gasteiger charge is -2.42. The van der Waals surface area contributed by atoms with E-state index in [0.29, 0.717) is 16.1 Å². The van der Waals surface area contributed by atoms with Gasteiger partial charge in [-0.25, -0.2) is 0 Å². The van der Waals surface area contributed by atoms with E-state index in [9.17, 15) is 9.59 Å². The van der Waals surface area contributed by atoms with Gasteiger partial charge in [0.1, 0.15) is 0 Å². The van der Waals surface area contributed by atoms with Gasteiger partial charge in [-0.05, 0) is 82.1 Å². The minimum absolute atomic E-state index is 0.175. The molecule has 188 valence electrons. The molecular formula is C35H24ClNO2. The van der Waals surface area contributed by atoms with Gasteiger partial charge in [-0.2, -0.15) is 0 Å². The molecule has 39 heavy (non-hydrogen) atoms. The molecule has 0 atom stereocenters. The van der Waals surface area contributed by atoms with E-state index in [1.54, 1.807) is 24.3 Å². The summed E-state index contributed by atoms with van der Waals surface area (Å²) in [5.41, 5.74) is 7.48. The van der Waals surface area contributed by atoms with Crippen molar-refractivity contribution in [3.63, 3.8) is 0 Å². The number of carbonyl (C=O) groups excluding carboxylic acids is 2. The van der Waals surface area contributed by atoms with Crippen LogP contribution in [0.25, 0.3) is 16.8 Å². The Bertz CT molecular complexity index is 1880. The fourth-order valence-corrected chi connectivity index (χ4v) is 6.35. The molecule has 3 nitrogen and oxygen atoms in total. The number of hydrogen-bond acceptors (Lipinski definition) is 3. The maximum atomic E-state index is 13.0. The summed E-state index contributed by atoms with van der Waals surface area (Å²) in [7, 11) is 0. The molecule has 0 amide bonds. The summed E-state index contributed by atoms with van der Waals surface area (Å²) >= 11 is 6.09. The number of para-hydroxylation sites is 2. The Morgan fingerprint density at radius 1 is 0.718 bits per heavy atom. The predicted octanol–water partition coefficient (Wildman–Crippen LogP) is 9.06. The van der Waals surface area contributed by atoms with Gasteiger partial charge >= 0.3 is 0 Å². The fraction of sp³-hybridized carbons (Fsp3) is 0.0857. The van der Waals surface area contributed by atoms with Crippen molar-refractivity contribution in [2.45, 2.75) is 19.3 Å². The summed E-state index contributed by atoms with van der Waals surface area (Å²) in [6, 6.07) is 34.4. The van der Waals surface area contributed by atoms with E-state index in [0.717, 1.165) is 27.7 Å². The van der Waals surface area contributed by atoms with Gasteiger partial charge in [0.05, 0.1) is 16.9 Å². The molecule has 0 saturated heterocycles. The zero-order valence-electron chi connectivity index (χ0n) is 21.5. The second-order valence-electron chi connectivity index (χ2n) is 10.7. The number of halogens is 1. The van der Waals surface area contributed by atoms with Crippen LogP contribution in [-0.2, 0) is 5.41 Å². The van der Waals surface area contributed by atoms with E-state index < -0.39 is 0 Å². The van der Waals surface area contributed by atoms with Crippen molar-refractivity contribution >= 4 is 57.1 Å². The molecule has 0 unspecified atom stereocenters. The van der Waals surface area contributed by atoms with Crippen molar-refractivity contribution in [2.75, 3.05) is 4.90 Å². The predicted molar refractivity (Wildman–Crippen MR) is 159 cm³/mol. The van der Waals surface area contributed by atoms with E-state index in [1.165, 1.54) is 16.8 Å². The molecule has 0 radical (unpaired) electrons. The number of Topliss-reactive ketones (excluding diaryl/α,β-unsaturated/α-hetero) is 2. The normalized spacial score (nSPS) is 16.4. The third kappa shape index (κ3) is 3.50. The lowest BCUT2D eigenvalue weighted by Crippen LogP contribution is -2.30. The van der Waals surface area contributed by atoms with Crippen molar-refractivity contribution < 1.29 is 9.59 Å². The Morgan fingerprint density at radius 3 is 2.28 bits per heavy atom. The Labute approximate surface area is 232 Å². The van der Waals surface area contributed by atoms with Crippen LogP contribution in [0.5, 0.6) is 0 Å². The van der Waals surface area contributed by atoms with Crippen molar-refractivity contribution in [1.82, 2.24) is 0 Å². The first-order chi connectivity index (χ1) is 18.8. The standard InChI is InChI=1S/C35H24ClNO2/c1-35(2)29-10-6-7-11-30(29)37(24-8-4-3-5-9-24)31-17-13-22-18-21(12-15-25(22)32(31)35)19-28-33(38)26-16-14-23(36)20-27(26)34(28)39/h3-20H,1-2H3. The molecule has 4 heteroatoms. The molecule has 1 aliphatic heterocycles. The van der Waals surface area contributed by atoms with Crippen molar-refractivity contribution in [3.8, 4) is 0 Å². The van der Waals surface area contributed by atoms with Crippen LogP contribution in [0.4, 0.5) is 17.1 Å². The van der Waals surface area contributed by atoms with Crippen LogP contribution in [0, 0.1) is 0 Å². The third-order valence-electron chi connectivity index (χ3n) is 7.99. The van der Waals surface area contributed by atoms with Crippen LogP contribution in [0.15, 0.2) is 109 Å². The zero-order chi connectivity index (χ0) is 26.9. The number of ketones is 2. The third-order valence-corrected chi connectivity index (χ3v) is 8.23. The molecule has 0 bridgehead atoms. The number of carbonyl (C=O) groups is 2. The monoisotopic (exact) mass is 525 g/mol. The van der Waals surface area contributed by atoms with Gasteiger partial charge < -0.3 is 4.90 Å². The smallest absolute Gasteiger partial charge is 0.197 e. The van der Waals surface area contributed by atoms with Crippen molar-refractivity contribution in [1.29, 1.82) is 0 Å². The lowest BCUT2D eigenvalue weighted by atomic mass is 9.71. The topological polar surface area (TPSA) is 37.4 Å². The highest BCUT2D eigenvalue weighted by atomic mass is 35.5. The SMILES string of the molecule is CC1(C)c2ccccc2N(c2ccccc2)c2ccc3cc(C=C4C(=O)c5ccc(Cl)cc5C4=O)ccc3c21. The number of nitrogens with zero attached hydrogens (tertiary/aromatic N) is 1. The van der Waals surface area contributed by atoms with E-state index in [-0.39, 0.29) is 22.6 Å². The molecule has 5 aromatic rings. The molecule has 0 spiro atoms. The number of benzene rings is 5.